The molecular weight excluding hydrogens is 304 g/mol. The topological polar surface area (TPSA) is 98.5 Å². The lowest BCUT2D eigenvalue weighted by Gasteiger charge is -2.19. The van der Waals surface area contributed by atoms with Gasteiger partial charge in [0.2, 0.25) is 15.9 Å². The van der Waals surface area contributed by atoms with E-state index in [2.05, 4.69) is 5.32 Å². The van der Waals surface area contributed by atoms with Crippen LogP contribution in [0, 0.1) is 0 Å². The van der Waals surface area contributed by atoms with Crippen LogP contribution in [-0.2, 0) is 26.0 Å². The monoisotopic (exact) mass is 326 g/mol. The predicted molar refractivity (Wildman–Crippen MR) is 82.7 cm³/mol. The molecule has 1 aromatic rings. The number of rotatable bonds is 6. The maximum atomic E-state index is 11.9. The van der Waals surface area contributed by atoms with Crippen molar-refractivity contribution >= 4 is 15.9 Å². The van der Waals surface area contributed by atoms with Crippen LogP contribution in [0.3, 0.4) is 0 Å². The molecule has 122 valence electrons. The van der Waals surface area contributed by atoms with Gasteiger partial charge in [-0.25, -0.2) is 13.6 Å². The molecule has 0 unspecified atom stereocenters. The van der Waals surface area contributed by atoms with Crippen molar-refractivity contribution in [3.8, 4) is 0 Å². The van der Waals surface area contributed by atoms with Gasteiger partial charge in [-0.1, -0.05) is 12.1 Å². The molecule has 0 aromatic heterocycles. The van der Waals surface area contributed by atoms with Crippen molar-refractivity contribution in [1.29, 1.82) is 0 Å². The quantitative estimate of drug-likeness (QED) is 0.813. The fraction of sp³-hybridized carbons (Fsp3) is 0.533. The number of nitrogens with one attached hydrogen (secondary N) is 1. The average Bonchev–Trinajstić information content (AvgIpc) is 2.99. The first-order valence-electron chi connectivity index (χ1n) is 7.39. The van der Waals surface area contributed by atoms with E-state index < -0.39 is 10.0 Å². The van der Waals surface area contributed by atoms with E-state index in [0.717, 1.165) is 25.0 Å². The van der Waals surface area contributed by atoms with Gasteiger partial charge in [0.05, 0.1) is 17.0 Å². The van der Waals surface area contributed by atoms with Crippen LogP contribution < -0.4 is 10.5 Å². The van der Waals surface area contributed by atoms with Crippen LogP contribution in [0.5, 0.6) is 0 Å². The Morgan fingerprint density at radius 1 is 1.41 bits per heavy atom. The van der Waals surface area contributed by atoms with Crippen molar-refractivity contribution in [2.45, 2.75) is 49.6 Å². The second kappa shape index (κ2) is 7.21. The predicted octanol–water partition coefficient (Wildman–Crippen LogP) is 0.950. The number of ether oxygens (including phenoxy) is 1. The molecule has 0 spiro atoms. The summed E-state index contributed by atoms with van der Waals surface area (Å²) in [5.41, 5.74) is 0.896. The van der Waals surface area contributed by atoms with Gasteiger partial charge in [-0.05, 0) is 43.9 Å². The largest absolute Gasteiger partial charge is 0.376 e. The molecule has 22 heavy (non-hydrogen) atoms. The Hall–Kier alpha value is -1.44. The molecule has 2 atom stereocenters. The summed E-state index contributed by atoms with van der Waals surface area (Å²) in [5.74, 6) is -0.0291. The van der Waals surface area contributed by atoms with Gasteiger partial charge in [-0.15, -0.1) is 0 Å². The first-order chi connectivity index (χ1) is 10.4. The normalized spacial score (nSPS) is 19.8. The van der Waals surface area contributed by atoms with Crippen LogP contribution in [0.4, 0.5) is 0 Å². The van der Waals surface area contributed by atoms with Gasteiger partial charge >= 0.3 is 0 Å². The second-order valence-electron chi connectivity index (χ2n) is 5.60. The van der Waals surface area contributed by atoms with Crippen LogP contribution in [0.1, 0.15) is 31.7 Å². The van der Waals surface area contributed by atoms with E-state index in [9.17, 15) is 13.2 Å². The molecule has 0 aliphatic carbocycles. The minimum absolute atomic E-state index is 0.0137. The number of primary sulfonamides is 1. The number of carbonyl (C=O) groups excluding carboxylic acids is 1. The summed E-state index contributed by atoms with van der Waals surface area (Å²) in [4.78, 5) is 12.0. The smallest absolute Gasteiger partial charge is 0.238 e. The molecule has 0 saturated carbocycles. The van der Waals surface area contributed by atoms with Crippen LogP contribution in [0.2, 0.25) is 0 Å². The van der Waals surface area contributed by atoms with E-state index in [4.69, 9.17) is 9.88 Å². The maximum Gasteiger partial charge on any atom is 0.238 e. The maximum absolute atomic E-state index is 11.9. The van der Waals surface area contributed by atoms with E-state index in [1.165, 1.54) is 12.1 Å². The Bertz CT molecular complexity index is 607. The zero-order valence-corrected chi connectivity index (χ0v) is 13.4. The van der Waals surface area contributed by atoms with Crippen LogP contribution in [0.15, 0.2) is 29.2 Å². The Balaban J connectivity index is 1.80. The van der Waals surface area contributed by atoms with Crippen LogP contribution in [-0.4, -0.2) is 33.1 Å². The molecule has 1 aliphatic rings. The lowest BCUT2D eigenvalue weighted by molar-refractivity contribution is -0.122. The summed E-state index contributed by atoms with van der Waals surface area (Å²) in [6, 6.07) is 6.28. The Kier molecular flexibility index (Phi) is 5.55. The van der Waals surface area contributed by atoms with Crippen molar-refractivity contribution in [3.63, 3.8) is 0 Å². The first kappa shape index (κ1) is 16.9. The van der Waals surface area contributed by atoms with Crippen molar-refractivity contribution in [1.82, 2.24) is 5.32 Å². The third-order valence-corrected chi connectivity index (χ3v) is 4.73. The molecule has 7 heteroatoms. The van der Waals surface area contributed by atoms with Crippen LogP contribution >= 0.6 is 0 Å². The third kappa shape index (κ3) is 4.79. The number of carbonyl (C=O) groups is 1. The number of hydrogen-bond donors (Lipinski definition) is 2. The van der Waals surface area contributed by atoms with Gasteiger partial charge in [-0.2, -0.15) is 0 Å². The average molecular weight is 326 g/mol. The highest BCUT2D eigenvalue weighted by Crippen LogP contribution is 2.15. The summed E-state index contributed by atoms with van der Waals surface area (Å²) in [5, 5.41) is 7.99. The number of hydrogen-bond acceptors (Lipinski definition) is 4. The molecule has 2 rings (SSSR count). The second-order valence-corrected chi connectivity index (χ2v) is 7.16. The number of amides is 1. The fourth-order valence-corrected chi connectivity index (χ4v) is 3.04. The van der Waals surface area contributed by atoms with Crippen molar-refractivity contribution in [2.75, 3.05) is 6.61 Å². The molecule has 1 aromatic carbocycles. The number of aryl methyl sites for hydroxylation is 1. The highest BCUT2D eigenvalue weighted by atomic mass is 32.2. The van der Waals surface area contributed by atoms with Crippen LogP contribution in [0.25, 0.3) is 0 Å². The Morgan fingerprint density at radius 2 is 2.09 bits per heavy atom. The molecule has 1 aliphatic heterocycles. The highest BCUT2D eigenvalue weighted by Gasteiger charge is 2.23. The lowest BCUT2D eigenvalue weighted by Crippen LogP contribution is -2.40. The summed E-state index contributed by atoms with van der Waals surface area (Å²) >= 11 is 0. The highest BCUT2D eigenvalue weighted by molar-refractivity contribution is 7.89. The zero-order chi connectivity index (χ0) is 16.2. The minimum Gasteiger partial charge on any atom is -0.376 e. The molecular formula is C15H22N2O4S. The van der Waals surface area contributed by atoms with E-state index in [1.54, 1.807) is 12.1 Å². The van der Waals surface area contributed by atoms with Gasteiger partial charge in [0.1, 0.15) is 0 Å². The molecule has 6 nitrogen and oxygen atoms in total. The minimum atomic E-state index is -3.67. The molecule has 3 N–H and O–H groups in total. The fourth-order valence-electron chi connectivity index (χ4n) is 2.52. The molecule has 0 bridgehead atoms. The van der Waals surface area contributed by atoms with E-state index >= 15 is 0 Å². The standard InChI is InChI=1S/C15H22N2O4S/c1-11(14-3-2-10-21-14)17-15(18)9-6-12-4-7-13(8-5-12)22(16,19)20/h4-5,7-8,11,14H,2-3,6,9-10H2,1H3,(H,17,18)(H2,16,19,20)/t11-,14-/m1/s1. The van der Waals surface area contributed by atoms with Gasteiger partial charge in [0, 0.05) is 13.0 Å². The summed E-state index contributed by atoms with van der Waals surface area (Å²) in [6.45, 7) is 2.72. The number of nitrogens with two attached hydrogens (primary N) is 1. The first-order valence-corrected chi connectivity index (χ1v) is 8.93. The van der Waals surface area contributed by atoms with Crippen molar-refractivity contribution in [3.05, 3.63) is 29.8 Å². The van der Waals surface area contributed by atoms with Gasteiger partial charge in [0.25, 0.3) is 0 Å². The van der Waals surface area contributed by atoms with Gasteiger partial charge in [0.15, 0.2) is 0 Å². The molecule has 1 heterocycles. The van der Waals surface area contributed by atoms with E-state index in [1.807, 2.05) is 6.92 Å². The molecule has 1 saturated heterocycles. The SMILES string of the molecule is C[C@@H](NC(=O)CCc1ccc(S(N)(=O)=O)cc1)[C@H]1CCCO1. The zero-order valence-electron chi connectivity index (χ0n) is 12.6. The number of sulfonamides is 1. The van der Waals surface area contributed by atoms with Gasteiger partial charge in [-0.3, -0.25) is 4.79 Å². The van der Waals surface area contributed by atoms with E-state index in [0.29, 0.717) is 12.8 Å². The molecule has 1 fully saturated rings. The summed E-state index contributed by atoms with van der Waals surface area (Å²) in [6.07, 6.45) is 3.04. The molecule has 1 amide bonds. The van der Waals surface area contributed by atoms with Crippen molar-refractivity contribution in [2.24, 2.45) is 5.14 Å². The third-order valence-electron chi connectivity index (χ3n) is 3.80. The summed E-state index contributed by atoms with van der Waals surface area (Å²) in [7, 11) is -3.67. The van der Waals surface area contributed by atoms with E-state index in [-0.39, 0.29) is 22.9 Å². The van der Waals surface area contributed by atoms with Gasteiger partial charge < -0.3 is 10.1 Å². The van der Waals surface area contributed by atoms with Crippen molar-refractivity contribution < 1.29 is 17.9 Å². The lowest BCUT2D eigenvalue weighted by atomic mass is 10.1. The number of benzene rings is 1. The summed E-state index contributed by atoms with van der Waals surface area (Å²) < 4.78 is 27.9. The Labute approximate surface area is 131 Å². The molecule has 0 radical (unpaired) electrons. The Morgan fingerprint density at radius 3 is 2.64 bits per heavy atom.